The molecule has 5 heteroatoms. The van der Waals surface area contributed by atoms with Crippen molar-refractivity contribution in [2.45, 2.75) is 32.6 Å². The molecule has 102 valence electrons. The van der Waals surface area contributed by atoms with Crippen molar-refractivity contribution >= 4 is 0 Å². The van der Waals surface area contributed by atoms with Gasteiger partial charge in [0, 0.05) is 20.1 Å². The van der Waals surface area contributed by atoms with Crippen LogP contribution in [0, 0.1) is 0 Å². The molecule has 0 fully saturated rings. The molecular formula is C14H19N3O2. The van der Waals surface area contributed by atoms with Crippen LogP contribution in [0.15, 0.2) is 30.6 Å². The zero-order chi connectivity index (χ0) is 13.7. The van der Waals surface area contributed by atoms with Gasteiger partial charge in [0.25, 0.3) is 0 Å². The Morgan fingerprint density at radius 1 is 1.37 bits per heavy atom. The van der Waals surface area contributed by atoms with Gasteiger partial charge in [-0.2, -0.15) is 5.10 Å². The molecule has 0 bridgehead atoms. The second kappa shape index (κ2) is 6.45. The third-order valence-electron chi connectivity index (χ3n) is 3.09. The molecule has 0 saturated carbocycles. The van der Waals surface area contributed by atoms with Crippen LogP contribution in [-0.2, 0) is 24.3 Å². The predicted molar refractivity (Wildman–Crippen MR) is 71.5 cm³/mol. The van der Waals surface area contributed by atoms with Crippen molar-refractivity contribution in [1.82, 2.24) is 14.8 Å². The quantitative estimate of drug-likeness (QED) is 0.860. The van der Waals surface area contributed by atoms with E-state index >= 15 is 0 Å². The van der Waals surface area contributed by atoms with Crippen LogP contribution in [0.25, 0.3) is 0 Å². The average molecular weight is 261 g/mol. The lowest BCUT2D eigenvalue weighted by Crippen LogP contribution is -2.11. The normalized spacial score (nSPS) is 12.6. The van der Waals surface area contributed by atoms with Crippen molar-refractivity contribution in [1.29, 1.82) is 0 Å². The zero-order valence-electron chi connectivity index (χ0n) is 11.3. The molecule has 1 aromatic heterocycles. The number of nitrogens with zero attached hydrogens (tertiary/aromatic N) is 3. The van der Waals surface area contributed by atoms with E-state index in [-0.39, 0.29) is 0 Å². The number of aryl methyl sites for hydroxylation is 1. The fraction of sp³-hybridized carbons (Fsp3) is 0.429. The second-order valence-corrected chi connectivity index (χ2v) is 4.34. The van der Waals surface area contributed by atoms with Gasteiger partial charge in [-0.15, -0.1) is 0 Å². The maximum Gasteiger partial charge on any atom is 0.138 e. The lowest BCUT2D eigenvalue weighted by atomic mass is 10.0. The first-order valence-electron chi connectivity index (χ1n) is 6.37. The topological polar surface area (TPSA) is 60.2 Å². The molecule has 0 spiro atoms. The number of aliphatic hydroxyl groups excluding tert-OH is 1. The fourth-order valence-corrected chi connectivity index (χ4v) is 2.14. The summed E-state index contributed by atoms with van der Waals surface area (Å²) in [6, 6.07) is 7.75. The van der Waals surface area contributed by atoms with E-state index in [4.69, 9.17) is 4.74 Å². The first kappa shape index (κ1) is 13.7. The lowest BCUT2D eigenvalue weighted by Gasteiger charge is -2.15. The molecule has 0 aliphatic carbocycles. The first-order chi connectivity index (χ1) is 9.26. The third-order valence-corrected chi connectivity index (χ3v) is 3.09. The van der Waals surface area contributed by atoms with E-state index in [1.54, 1.807) is 11.8 Å². The number of rotatable bonds is 6. The highest BCUT2D eigenvalue weighted by molar-refractivity contribution is 5.29. The van der Waals surface area contributed by atoms with Crippen molar-refractivity contribution < 1.29 is 9.84 Å². The number of benzene rings is 1. The predicted octanol–water partition coefficient (Wildman–Crippen LogP) is 1.72. The smallest absolute Gasteiger partial charge is 0.138 e. The van der Waals surface area contributed by atoms with Gasteiger partial charge in [0.15, 0.2) is 0 Å². The van der Waals surface area contributed by atoms with Gasteiger partial charge >= 0.3 is 0 Å². The number of ether oxygens (including phenoxy) is 1. The summed E-state index contributed by atoms with van der Waals surface area (Å²) in [7, 11) is 1.65. The van der Waals surface area contributed by atoms with Crippen LogP contribution in [0.4, 0.5) is 0 Å². The Labute approximate surface area is 112 Å². The van der Waals surface area contributed by atoms with E-state index in [9.17, 15) is 5.11 Å². The third kappa shape index (κ3) is 3.19. The summed E-state index contributed by atoms with van der Waals surface area (Å²) in [5, 5.41) is 14.5. The monoisotopic (exact) mass is 261 g/mol. The molecule has 1 aromatic carbocycles. The summed E-state index contributed by atoms with van der Waals surface area (Å²) in [4.78, 5) is 4.19. The largest absolute Gasteiger partial charge is 0.388 e. The maximum atomic E-state index is 10.4. The molecule has 0 saturated heterocycles. The van der Waals surface area contributed by atoms with E-state index in [1.165, 1.54) is 6.33 Å². The highest BCUT2D eigenvalue weighted by Gasteiger charge is 2.15. The molecule has 0 aliphatic heterocycles. The number of aromatic nitrogens is 3. The van der Waals surface area contributed by atoms with Gasteiger partial charge < -0.3 is 9.84 Å². The summed E-state index contributed by atoms with van der Waals surface area (Å²) >= 11 is 0. The van der Waals surface area contributed by atoms with Gasteiger partial charge in [-0.3, -0.25) is 4.68 Å². The van der Waals surface area contributed by atoms with Crippen molar-refractivity contribution in [2.75, 3.05) is 7.11 Å². The number of hydrogen-bond acceptors (Lipinski definition) is 4. The molecule has 1 atom stereocenters. The fourth-order valence-electron chi connectivity index (χ4n) is 2.14. The zero-order valence-corrected chi connectivity index (χ0v) is 11.3. The highest BCUT2D eigenvalue weighted by atomic mass is 16.5. The molecule has 0 radical (unpaired) electrons. The van der Waals surface area contributed by atoms with Crippen LogP contribution < -0.4 is 0 Å². The van der Waals surface area contributed by atoms with Crippen LogP contribution >= 0.6 is 0 Å². The van der Waals surface area contributed by atoms with Gasteiger partial charge in [0.1, 0.15) is 12.2 Å². The van der Waals surface area contributed by atoms with Crippen LogP contribution in [0.2, 0.25) is 0 Å². The van der Waals surface area contributed by atoms with Gasteiger partial charge in [-0.05, 0) is 18.1 Å². The Hall–Kier alpha value is -1.72. The molecule has 5 nitrogen and oxygen atoms in total. The minimum atomic E-state index is -0.596. The highest BCUT2D eigenvalue weighted by Crippen LogP contribution is 2.21. The molecule has 1 N–H and O–H groups in total. The van der Waals surface area contributed by atoms with E-state index in [0.717, 1.165) is 23.5 Å². The van der Waals surface area contributed by atoms with Crippen LogP contribution in [0.5, 0.6) is 0 Å². The Bertz CT molecular complexity index is 525. The number of aliphatic hydroxyl groups is 1. The van der Waals surface area contributed by atoms with E-state index in [0.29, 0.717) is 13.0 Å². The van der Waals surface area contributed by atoms with Crippen LogP contribution in [0.1, 0.15) is 30.0 Å². The number of methoxy groups -OCH3 is 1. The Morgan fingerprint density at radius 3 is 2.89 bits per heavy atom. The van der Waals surface area contributed by atoms with Crippen molar-refractivity contribution in [3.63, 3.8) is 0 Å². The Balaban J connectivity index is 2.18. The molecule has 2 rings (SSSR count). The van der Waals surface area contributed by atoms with Crippen molar-refractivity contribution in [3.8, 4) is 0 Å². The molecule has 1 heterocycles. The minimum Gasteiger partial charge on any atom is -0.388 e. The summed E-state index contributed by atoms with van der Waals surface area (Å²) in [6.45, 7) is 3.25. The summed E-state index contributed by atoms with van der Waals surface area (Å²) in [6.07, 6.45) is 1.38. The average Bonchev–Trinajstić information content (AvgIpc) is 2.87. The molecule has 19 heavy (non-hydrogen) atoms. The van der Waals surface area contributed by atoms with Crippen molar-refractivity contribution in [3.05, 3.63) is 47.5 Å². The Morgan fingerprint density at radius 2 is 2.16 bits per heavy atom. The lowest BCUT2D eigenvalue weighted by molar-refractivity contribution is 0.159. The summed E-state index contributed by atoms with van der Waals surface area (Å²) in [5.41, 5.74) is 1.88. The van der Waals surface area contributed by atoms with Gasteiger partial charge in [-0.1, -0.05) is 24.3 Å². The number of hydrogen-bond donors (Lipinski definition) is 1. The maximum absolute atomic E-state index is 10.4. The second-order valence-electron chi connectivity index (χ2n) is 4.34. The van der Waals surface area contributed by atoms with Crippen LogP contribution in [-0.4, -0.2) is 27.0 Å². The van der Waals surface area contributed by atoms with Gasteiger partial charge in [0.05, 0.1) is 12.7 Å². The molecule has 0 amide bonds. The minimum absolute atomic E-state index is 0.453. The molecule has 0 aliphatic rings. The van der Waals surface area contributed by atoms with E-state index in [2.05, 4.69) is 10.1 Å². The first-order valence-corrected chi connectivity index (χ1v) is 6.37. The van der Waals surface area contributed by atoms with Gasteiger partial charge in [0.2, 0.25) is 0 Å². The molecular weight excluding hydrogens is 242 g/mol. The Kier molecular flexibility index (Phi) is 4.65. The summed E-state index contributed by atoms with van der Waals surface area (Å²) in [5.74, 6) is 0.794. The van der Waals surface area contributed by atoms with Crippen LogP contribution in [0.3, 0.4) is 0 Å². The summed E-state index contributed by atoms with van der Waals surface area (Å²) < 4.78 is 6.95. The van der Waals surface area contributed by atoms with E-state index in [1.807, 2.05) is 31.2 Å². The molecule has 1 unspecified atom stereocenters. The standard InChI is InChI=1S/C14H19N3O2/c1-3-17-14(15-10-16-17)8-13(18)12-7-5-4-6-11(12)9-19-2/h4-7,10,13,18H,3,8-9H2,1-2H3. The van der Waals surface area contributed by atoms with Gasteiger partial charge in [-0.25, -0.2) is 4.98 Å². The SMILES string of the molecule is CCn1ncnc1CC(O)c1ccccc1COC. The van der Waals surface area contributed by atoms with Crippen molar-refractivity contribution in [2.24, 2.45) is 0 Å². The van der Waals surface area contributed by atoms with E-state index < -0.39 is 6.10 Å². The molecule has 2 aromatic rings.